The van der Waals surface area contributed by atoms with Crippen LogP contribution in [0.15, 0.2) is 65.6 Å². The van der Waals surface area contributed by atoms with Gasteiger partial charge in [0, 0.05) is 21.0 Å². The van der Waals surface area contributed by atoms with Crippen LogP contribution >= 0.6 is 23.4 Å². The zero-order valence-corrected chi connectivity index (χ0v) is 17.1. The van der Waals surface area contributed by atoms with Gasteiger partial charge in [0.1, 0.15) is 0 Å². The van der Waals surface area contributed by atoms with Gasteiger partial charge in [0.2, 0.25) is 0 Å². The molecule has 0 fully saturated rings. The van der Waals surface area contributed by atoms with E-state index >= 15 is 0 Å². The van der Waals surface area contributed by atoms with E-state index in [2.05, 4.69) is 5.32 Å². The number of benzene rings is 3. The summed E-state index contributed by atoms with van der Waals surface area (Å²) in [6.07, 6.45) is -0.885. The van der Waals surface area contributed by atoms with Gasteiger partial charge in [-0.1, -0.05) is 48.0 Å². The summed E-state index contributed by atoms with van der Waals surface area (Å²) in [7, 11) is 0. The minimum atomic E-state index is -0.885. The minimum absolute atomic E-state index is 0.0897. The third-order valence-electron chi connectivity index (χ3n) is 4.12. The number of rotatable bonds is 6. The van der Waals surface area contributed by atoms with Gasteiger partial charge in [0.25, 0.3) is 5.91 Å². The van der Waals surface area contributed by atoms with E-state index in [0.29, 0.717) is 10.7 Å². The molecule has 28 heavy (non-hydrogen) atoms. The van der Waals surface area contributed by atoms with E-state index in [1.54, 1.807) is 13.0 Å². The van der Waals surface area contributed by atoms with Crippen molar-refractivity contribution in [2.45, 2.75) is 24.8 Å². The summed E-state index contributed by atoms with van der Waals surface area (Å²) in [4.78, 5) is 25.3. The Labute approximate surface area is 173 Å². The molecule has 1 N–H and O–H groups in total. The molecule has 0 aliphatic heterocycles. The molecule has 0 saturated carbocycles. The molecule has 0 aromatic heterocycles. The van der Waals surface area contributed by atoms with Crippen molar-refractivity contribution < 1.29 is 14.3 Å². The van der Waals surface area contributed by atoms with E-state index in [9.17, 15) is 9.59 Å². The van der Waals surface area contributed by atoms with Crippen molar-refractivity contribution in [3.8, 4) is 0 Å². The monoisotopic (exact) mass is 413 g/mol. The van der Waals surface area contributed by atoms with Crippen LogP contribution in [0.2, 0.25) is 5.02 Å². The van der Waals surface area contributed by atoms with Crippen LogP contribution in [0, 0.1) is 6.92 Å². The van der Waals surface area contributed by atoms with E-state index in [-0.39, 0.29) is 11.7 Å². The van der Waals surface area contributed by atoms with Gasteiger partial charge in [-0.15, -0.1) is 11.8 Å². The van der Waals surface area contributed by atoms with Crippen molar-refractivity contribution >= 4 is 51.7 Å². The van der Waals surface area contributed by atoms with Crippen LogP contribution in [0.3, 0.4) is 0 Å². The largest absolute Gasteiger partial charge is 0.452 e. The highest BCUT2D eigenvalue weighted by molar-refractivity contribution is 8.00. The Morgan fingerprint density at radius 3 is 2.57 bits per heavy atom. The lowest BCUT2D eigenvalue weighted by atomic mass is 10.1. The number of esters is 1. The molecule has 1 atom stereocenters. The molecule has 0 unspecified atom stereocenters. The summed E-state index contributed by atoms with van der Waals surface area (Å²) in [5, 5.41) is 5.31. The predicted molar refractivity (Wildman–Crippen MR) is 115 cm³/mol. The van der Waals surface area contributed by atoms with E-state index < -0.39 is 12.1 Å². The lowest BCUT2D eigenvalue weighted by molar-refractivity contribution is -0.150. The second kappa shape index (κ2) is 9.13. The molecule has 3 aromatic carbocycles. The van der Waals surface area contributed by atoms with Crippen molar-refractivity contribution in [2.24, 2.45) is 0 Å². The van der Waals surface area contributed by atoms with E-state index in [0.717, 1.165) is 21.2 Å². The van der Waals surface area contributed by atoms with Crippen LogP contribution in [-0.4, -0.2) is 23.7 Å². The number of ether oxygens (including phenoxy) is 1. The molecule has 0 saturated heterocycles. The number of halogens is 1. The highest BCUT2D eigenvalue weighted by Crippen LogP contribution is 2.33. The summed E-state index contributed by atoms with van der Waals surface area (Å²) in [5.41, 5.74) is 1.71. The number of anilines is 1. The second-order valence-electron chi connectivity index (χ2n) is 6.37. The zero-order chi connectivity index (χ0) is 20.1. The quantitative estimate of drug-likeness (QED) is 0.430. The standard InChI is InChI=1S/C22H20ClNO3S/c1-14-6-3-9-17(12-14)24-22(26)15(2)27-20(25)13-28-19-11-5-8-16-7-4-10-18(23)21(16)19/h3-12,15H,13H2,1-2H3,(H,24,26)/t15-/m1/s1. The number of nitrogens with one attached hydrogen (secondary N) is 1. The van der Waals surface area contributed by atoms with Gasteiger partial charge < -0.3 is 10.1 Å². The predicted octanol–water partition coefficient (Wildman–Crippen LogP) is 5.46. The summed E-state index contributed by atoms with van der Waals surface area (Å²) < 4.78 is 5.27. The lowest BCUT2D eigenvalue weighted by Crippen LogP contribution is -2.30. The van der Waals surface area contributed by atoms with Crippen molar-refractivity contribution in [1.29, 1.82) is 0 Å². The fourth-order valence-corrected chi connectivity index (χ4v) is 4.00. The molecular weight excluding hydrogens is 394 g/mol. The highest BCUT2D eigenvalue weighted by atomic mass is 35.5. The smallest absolute Gasteiger partial charge is 0.317 e. The Hall–Kier alpha value is -2.50. The second-order valence-corrected chi connectivity index (χ2v) is 7.80. The lowest BCUT2D eigenvalue weighted by Gasteiger charge is -2.14. The molecule has 0 spiro atoms. The summed E-state index contributed by atoms with van der Waals surface area (Å²) in [5.74, 6) is -0.732. The molecule has 0 bridgehead atoms. The molecule has 0 aliphatic carbocycles. The van der Waals surface area contributed by atoms with Gasteiger partial charge in [0.05, 0.1) is 5.75 Å². The molecule has 1 amide bonds. The van der Waals surface area contributed by atoms with Crippen molar-refractivity contribution in [1.82, 2.24) is 0 Å². The van der Waals surface area contributed by atoms with Gasteiger partial charge in [-0.3, -0.25) is 9.59 Å². The average molecular weight is 414 g/mol. The van der Waals surface area contributed by atoms with Crippen LogP contribution in [-0.2, 0) is 14.3 Å². The summed E-state index contributed by atoms with van der Waals surface area (Å²) >= 11 is 7.65. The first kappa shape index (κ1) is 20.2. The molecule has 3 rings (SSSR count). The maximum atomic E-state index is 12.2. The molecule has 0 aliphatic rings. The normalized spacial score (nSPS) is 11.8. The van der Waals surface area contributed by atoms with Gasteiger partial charge in [-0.05, 0) is 49.1 Å². The summed E-state index contributed by atoms with van der Waals surface area (Å²) in [6.45, 7) is 3.50. The minimum Gasteiger partial charge on any atom is -0.452 e. The molecule has 0 heterocycles. The molecule has 3 aromatic rings. The topological polar surface area (TPSA) is 55.4 Å². The van der Waals surface area contributed by atoms with Crippen LogP contribution in [0.1, 0.15) is 12.5 Å². The van der Waals surface area contributed by atoms with Crippen LogP contribution in [0.4, 0.5) is 5.69 Å². The van der Waals surface area contributed by atoms with Gasteiger partial charge >= 0.3 is 5.97 Å². The number of aryl methyl sites for hydroxylation is 1. The third-order valence-corrected chi connectivity index (χ3v) is 5.47. The van der Waals surface area contributed by atoms with Crippen molar-refractivity contribution in [3.05, 3.63) is 71.2 Å². The number of hydrogen-bond donors (Lipinski definition) is 1. The fraction of sp³-hybridized carbons (Fsp3) is 0.182. The number of thioether (sulfide) groups is 1. The van der Waals surface area contributed by atoms with Crippen LogP contribution in [0.5, 0.6) is 0 Å². The van der Waals surface area contributed by atoms with Crippen molar-refractivity contribution in [3.63, 3.8) is 0 Å². The van der Waals surface area contributed by atoms with Crippen molar-refractivity contribution in [2.75, 3.05) is 11.1 Å². The van der Waals surface area contributed by atoms with Gasteiger partial charge in [-0.2, -0.15) is 0 Å². The Balaban J connectivity index is 1.58. The van der Waals surface area contributed by atoms with Gasteiger partial charge in [-0.25, -0.2) is 0 Å². The number of carbonyl (C=O) groups excluding carboxylic acids is 2. The fourth-order valence-electron chi connectivity index (χ4n) is 2.77. The Morgan fingerprint density at radius 2 is 1.82 bits per heavy atom. The number of hydrogen-bond acceptors (Lipinski definition) is 4. The first-order valence-corrected chi connectivity index (χ1v) is 10.2. The van der Waals surface area contributed by atoms with E-state index in [1.165, 1.54) is 11.8 Å². The molecule has 0 radical (unpaired) electrons. The Kier molecular flexibility index (Phi) is 6.60. The van der Waals surface area contributed by atoms with Crippen LogP contribution < -0.4 is 5.32 Å². The number of amides is 1. The van der Waals surface area contributed by atoms with Crippen LogP contribution in [0.25, 0.3) is 10.8 Å². The highest BCUT2D eigenvalue weighted by Gasteiger charge is 2.18. The van der Waals surface area contributed by atoms with E-state index in [1.807, 2.05) is 61.5 Å². The molecule has 6 heteroatoms. The number of fused-ring (bicyclic) bond motifs is 1. The maximum Gasteiger partial charge on any atom is 0.317 e. The summed E-state index contributed by atoms with van der Waals surface area (Å²) in [6, 6.07) is 18.9. The Bertz CT molecular complexity index is 1020. The third kappa shape index (κ3) is 5.06. The zero-order valence-electron chi connectivity index (χ0n) is 15.6. The van der Waals surface area contributed by atoms with Gasteiger partial charge in [0.15, 0.2) is 6.10 Å². The first-order valence-electron chi connectivity index (χ1n) is 8.81. The molecular formula is C22H20ClNO3S. The number of carbonyl (C=O) groups is 2. The Morgan fingerprint density at radius 1 is 1.11 bits per heavy atom. The first-order chi connectivity index (χ1) is 13.4. The SMILES string of the molecule is Cc1cccc(NC(=O)[C@@H](C)OC(=O)CSc2cccc3cccc(Cl)c23)c1. The maximum absolute atomic E-state index is 12.2. The molecule has 144 valence electrons. The van der Waals surface area contributed by atoms with E-state index in [4.69, 9.17) is 16.3 Å². The molecule has 4 nitrogen and oxygen atoms in total. The average Bonchev–Trinajstić information content (AvgIpc) is 2.66.